The lowest BCUT2D eigenvalue weighted by Gasteiger charge is -2.20. The number of carbonyl (C=O) groups is 4. The number of alkyl halides is 3. The van der Waals surface area contributed by atoms with E-state index in [4.69, 9.17) is 30.5 Å². The van der Waals surface area contributed by atoms with Crippen molar-refractivity contribution in [2.24, 2.45) is 0 Å². The molecule has 3 amide bonds. The van der Waals surface area contributed by atoms with E-state index < -0.39 is 41.1 Å². The van der Waals surface area contributed by atoms with E-state index in [2.05, 4.69) is 21.0 Å². The van der Waals surface area contributed by atoms with E-state index in [9.17, 15) is 32.3 Å². The predicted octanol–water partition coefficient (Wildman–Crippen LogP) is 6.54. The third-order valence-corrected chi connectivity index (χ3v) is 7.86. The number of hydrogen-bond acceptors (Lipinski definition) is 9. The van der Waals surface area contributed by atoms with Crippen LogP contribution in [-0.4, -0.2) is 91.4 Å². The van der Waals surface area contributed by atoms with Gasteiger partial charge in [0, 0.05) is 47.0 Å². The van der Waals surface area contributed by atoms with Crippen molar-refractivity contribution in [3.8, 4) is 0 Å². The van der Waals surface area contributed by atoms with Crippen LogP contribution < -0.4 is 16.0 Å². The summed E-state index contributed by atoms with van der Waals surface area (Å²) in [6.07, 6.45) is 0.739. The number of anilines is 2. The Labute approximate surface area is 321 Å². The summed E-state index contributed by atoms with van der Waals surface area (Å²) in [4.78, 5) is 50.9. The first-order valence-electron chi connectivity index (χ1n) is 17.3. The first-order chi connectivity index (χ1) is 26.1. The van der Waals surface area contributed by atoms with Gasteiger partial charge in [0.05, 0.1) is 63.4 Å². The number of esters is 1. The Hall–Kier alpha value is -5.03. The van der Waals surface area contributed by atoms with Crippen molar-refractivity contribution < 1.29 is 51.3 Å². The molecular formula is C38H43ClF3N5O8. The van der Waals surface area contributed by atoms with Crippen LogP contribution in [0.5, 0.6) is 0 Å². The zero-order valence-corrected chi connectivity index (χ0v) is 31.3. The highest BCUT2D eigenvalue weighted by Gasteiger charge is 2.35. The maximum absolute atomic E-state index is 13.3. The van der Waals surface area contributed by atoms with Crippen LogP contribution in [0.1, 0.15) is 70.7 Å². The number of allylic oxidation sites excluding steroid dienone is 4. The topological polar surface area (TPSA) is 159 Å². The zero-order chi connectivity index (χ0) is 40.0. The summed E-state index contributed by atoms with van der Waals surface area (Å²) in [5, 5.41) is 12.4. The molecule has 0 aliphatic heterocycles. The standard InChI is InChI=1S/C38H43ClF3N5O8/c1-37(2,3)55-33(48)13-16-52-18-20-54-21-19-53-17-14-43-34(49)25-6-4-7-26(22-25)35(50)44-31-11-10-28(39)24-30(31)36(51)45-32-12-15-47(46-32)29-9-5-8-27(23-29)38(40,41)42/h4-12,15,22,24,29H,13-14,16-21,23H2,1-3H3,(H,43,49)(H,44,50)(H,45,46,51). The van der Waals surface area contributed by atoms with Crippen molar-refractivity contribution in [2.45, 2.75) is 51.4 Å². The summed E-state index contributed by atoms with van der Waals surface area (Å²) in [5.41, 5.74) is -0.750. The fourth-order valence-corrected chi connectivity index (χ4v) is 5.24. The first kappa shape index (κ1) is 42.7. The Kier molecular flexibility index (Phi) is 15.6. The molecule has 0 radical (unpaired) electrons. The van der Waals surface area contributed by atoms with Gasteiger partial charge in [0.2, 0.25) is 0 Å². The Morgan fingerprint density at radius 2 is 1.53 bits per heavy atom. The Bertz CT molecular complexity index is 1870. The molecule has 17 heteroatoms. The number of aromatic nitrogens is 2. The monoisotopic (exact) mass is 789 g/mol. The van der Waals surface area contributed by atoms with Crippen LogP contribution in [0.25, 0.3) is 0 Å². The Balaban J connectivity index is 1.19. The van der Waals surface area contributed by atoms with Crippen molar-refractivity contribution in [2.75, 3.05) is 56.8 Å². The van der Waals surface area contributed by atoms with Crippen LogP contribution in [0, 0.1) is 0 Å². The maximum Gasteiger partial charge on any atom is 0.412 e. The lowest BCUT2D eigenvalue weighted by atomic mass is 10.0. The van der Waals surface area contributed by atoms with Gasteiger partial charge in [0.15, 0.2) is 5.82 Å². The molecule has 296 valence electrons. The average Bonchev–Trinajstić information content (AvgIpc) is 3.60. The minimum atomic E-state index is -4.46. The van der Waals surface area contributed by atoms with Gasteiger partial charge >= 0.3 is 12.1 Å². The third kappa shape index (κ3) is 14.3. The van der Waals surface area contributed by atoms with E-state index in [0.29, 0.717) is 26.4 Å². The van der Waals surface area contributed by atoms with Gasteiger partial charge in [-0.1, -0.05) is 35.9 Å². The summed E-state index contributed by atoms with van der Waals surface area (Å²) in [5.74, 6) is -1.97. The molecule has 0 spiro atoms. The van der Waals surface area contributed by atoms with E-state index >= 15 is 0 Å². The van der Waals surface area contributed by atoms with Crippen LogP contribution in [0.4, 0.5) is 24.7 Å². The third-order valence-electron chi connectivity index (χ3n) is 7.62. The number of carbonyl (C=O) groups excluding carboxylic acids is 4. The molecule has 3 aromatic rings. The van der Waals surface area contributed by atoms with Crippen LogP contribution in [0.2, 0.25) is 5.02 Å². The Morgan fingerprint density at radius 3 is 2.22 bits per heavy atom. The summed E-state index contributed by atoms with van der Waals surface area (Å²) in [7, 11) is 0. The summed E-state index contributed by atoms with van der Waals surface area (Å²) >= 11 is 6.16. The second-order valence-electron chi connectivity index (χ2n) is 13.1. The largest absolute Gasteiger partial charge is 0.460 e. The highest BCUT2D eigenvalue weighted by Crippen LogP contribution is 2.35. The number of amides is 3. The number of ether oxygens (including phenoxy) is 4. The fraction of sp³-hybridized carbons (Fsp3) is 0.395. The highest BCUT2D eigenvalue weighted by atomic mass is 35.5. The molecule has 1 aromatic heterocycles. The predicted molar refractivity (Wildman–Crippen MR) is 198 cm³/mol. The smallest absolute Gasteiger partial charge is 0.412 e. The number of hydrogen-bond donors (Lipinski definition) is 3. The van der Waals surface area contributed by atoms with Gasteiger partial charge in [-0.25, -0.2) is 0 Å². The number of benzene rings is 2. The van der Waals surface area contributed by atoms with E-state index in [1.54, 1.807) is 39.0 Å². The minimum absolute atomic E-state index is 0.00169. The van der Waals surface area contributed by atoms with Gasteiger partial charge in [-0.15, -0.1) is 0 Å². The molecule has 1 aliphatic rings. The molecule has 1 aliphatic carbocycles. The van der Waals surface area contributed by atoms with Gasteiger partial charge in [0.25, 0.3) is 17.7 Å². The average molecular weight is 790 g/mol. The highest BCUT2D eigenvalue weighted by molar-refractivity contribution is 6.31. The lowest BCUT2D eigenvalue weighted by Crippen LogP contribution is -2.28. The van der Waals surface area contributed by atoms with E-state index in [0.717, 1.165) is 6.08 Å². The summed E-state index contributed by atoms with van der Waals surface area (Å²) < 4.78 is 62.4. The van der Waals surface area contributed by atoms with E-state index in [-0.39, 0.29) is 71.8 Å². The van der Waals surface area contributed by atoms with Gasteiger partial charge in [0.1, 0.15) is 5.60 Å². The molecule has 3 N–H and O–H groups in total. The summed E-state index contributed by atoms with van der Waals surface area (Å²) in [6, 6.07) is 11.0. The summed E-state index contributed by atoms with van der Waals surface area (Å²) in [6.45, 7) is 7.31. The minimum Gasteiger partial charge on any atom is -0.460 e. The molecular weight excluding hydrogens is 747 g/mol. The van der Waals surface area contributed by atoms with Crippen LogP contribution in [0.15, 0.2) is 78.5 Å². The van der Waals surface area contributed by atoms with Crippen molar-refractivity contribution in [3.05, 3.63) is 100 Å². The molecule has 4 rings (SSSR count). The molecule has 0 saturated heterocycles. The second-order valence-corrected chi connectivity index (χ2v) is 13.6. The first-order valence-corrected chi connectivity index (χ1v) is 17.7. The quantitative estimate of drug-likeness (QED) is 0.0961. The normalized spacial score (nSPS) is 14.2. The lowest BCUT2D eigenvalue weighted by molar-refractivity contribution is -0.156. The van der Waals surface area contributed by atoms with Gasteiger partial charge in [-0.05, 0) is 57.2 Å². The molecule has 2 aromatic carbocycles. The molecule has 55 heavy (non-hydrogen) atoms. The molecule has 13 nitrogen and oxygen atoms in total. The number of nitrogens with one attached hydrogen (secondary N) is 3. The van der Waals surface area contributed by atoms with Gasteiger partial charge in [-0.3, -0.25) is 23.9 Å². The second kappa shape index (κ2) is 20.0. The number of halogens is 4. The molecule has 1 heterocycles. The molecule has 0 fully saturated rings. The van der Waals surface area contributed by atoms with Crippen molar-refractivity contribution in [3.63, 3.8) is 0 Å². The Morgan fingerprint density at radius 1 is 0.855 bits per heavy atom. The molecule has 0 saturated carbocycles. The van der Waals surface area contributed by atoms with Crippen molar-refractivity contribution in [1.82, 2.24) is 15.1 Å². The number of rotatable bonds is 18. The fourth-order valence-electron chi connectivity index (χ4n) is 5.06. The van der Waals surface area contributed by atoms with Crippen LogP contribution in [0.3, 0.4) is 0 Å². The maximum atomic E-state index is 13.3. The SMILES string of the molecule is CC(C)(C)OC(=O)CCOCCOCCOCCNC(=O)c1cccc(C(=O)Nc2ccc(Cl)cc2C(=O)Nc2ccn(C3C=CC=C(C(F)(F)F)C3)n2)c1. The van der Waals surface area contributed by atoms with E-state index in [1.165, 1.54) is 53.4 Å². The molecule has 0 bridgehead atoms. The van der Waals surface area contributed by atoms with Gasteiger partial charge in [-0.2, -0.15) is 18.3 Å². The van der Waals surface area contributed by atoms with Gasteiger partial charge < -0.3 is 34.9 Å². The van der Waals surface area contributed by atoms with Crippen molar-refractivity contribution in [1.29, 1.82) is 0 Å². The van der Waals surface area contributed by atoms with Crippen molar-refractivity contribution >= 4 is 46.8 Å². The van der Waals surface area contributed by atoms with Crippen LogP contribution in [-0.2, 0) is 23.7 Å². The van der Waals surface area contributed by atoms with E-state index in [1.807, 2.05) is 0 Å². The van der Waals surface area contributed by atoms with Crippen LogP contribution >= 0.6 is 11.6 Å². The number of nitrogens with zero attached hydrogens (tertiary/aromatic N) is 2. The molecule has 1 atom stereocenters. The molecule has 1 unspecified atom stereocenters. The zero-order valence-electron chi connectivity index (χ0n) is 30.5.